The van der Waals surface area contributed by atoms with Crippen molar-refractivity contribution in [2.75, 3.05) is 13.2 Å². The Hall–Kier alpha value is -0.0800. The second-order valence-electron chi connectivity index (χ2n) is 3.51. The molecule has 1 unspecified atom stereocenters. The van der Waals surface area contributed by atoms with Gasteiger partial charge < -0.3 is 9.84 Å². The van der Waals surface area contributed by atoms with E-state index in [2.05, 4.69) is 0 Å². The quantitative estimate of drug-likeness (QED) is 0.615. The molecule has 0 saturated heterocycles. The fraction of sp³-hybridized carbons (Fsp3) is 1.00. The molecule has 11 heavy (non-hydrogen) atoms. The van der Waals surface area contributed by atoms with Gasteiger partial charge in [-0.3, -0.25) is 0 Å². The minimum absolute atomic E-state index is 0.309. The van der Waals surface area contributed by atoms with E-state index in [0.717, 1.165) is 12.5 Å². The molecule has 1 atom stereocenters. The van der Waals surface area contributed by atoms with E-state index in [0.29, 0.717) is 6.61 Å². The molecule has 1 fully saturated rings. The summed E-state index contributed by atoms with van der Waals surface area (Å²) in [5.74, 6) is 0.920. The predicted molar refractivity (Wildman–Crippen MR) is 44.5 cm³/mol. The number of hydrogen-bond donors (Lipinski definition) is 1. The number of rotatable bonds is 5. The lowest BCUT2D eigenvalue weighted by Gasteiger charge is -2.24. The van der Waals surface area contributed by atoms with Gasteiger partial charge in [0, 0.05) is 6.61 Å². The minimum atomic E-state index is -0.309. The Morgan fingerprint density at radius 2 is 2.27 bits per heavy atom. The minimum Gasteiger partial charge on any atom is -0.391 e. The van der Waals surface area contributed by atoms with E-state index in [1.807, 2.05) is 0 Å². The predicted octanol–water partition coefficient (Wildman–Crippen LogP) is 1.57. The Balaban J connectivity index is 1.80. The van der Waals surface area contributed by atoms with E-state index in [4.69, 9.17) is 9.84 Å². The van der Waals surface area contributed by atoms with Gasteiger partial charge in [-0.2, -0.15) is 0 Å². The van der Waals surface area contributed by atoms with Gasteiger partial charge in [0.15, 0.2) is 0 Å². The summed E-state index contributed by atoms with van der Waals surface area (Å²) in [6.07, 6.45) is 5.06. The molecule has 0 aromatic carbocycles. The van der Waals surface area contributed by atoms with Crippen LogP contribution in [0.5, 0.6) is 0 Å². The van der Waals surface area contributed by atoms with E-state index in [1.165, 1.54) is 25.7 Å². The number of aliphatic hydroxyl groups is 1. The molecule has 2 heteroatoms. The Bertz CT molecular complexity index is 97.7. The molecule has 1 rings (SSSR count). The first-order chi connectivity index (χ1) is 5.29. The molecule has 1 N–H and O–H groups in total. The summed E-state index contributed by atoms with van der Waals surface area (Å²) in [6.45, 7) is 3.08. The average Bonchev–Trinajstić information content (AvgIpc) is 1.82. The molecule has 1 aliphatic carbocycles. The summed E-state index contributed by atoms with van der Waals surface area (Å²) in [5, 5.41) is 8.86. The van der Waals surface area contributed by atoms with Gasteiger partial charge in [-0.05, 0) is 19.3 Å². The van der Waals surface area contributed by atoms with Crippen molar-refractivity contribution >= 4 is 0 Å². The van der Waals surface area contributed by atoms with E-state index in [-0.39, 0.29) is 6.10 Å². The van der Waals surface area contributed by atoms with Crippen molar-refractivity contribution in [3.63, 3.8) is 0 Å². The smallest absolute Gasteiger partial charge is 0.0745 e. The van der Waals surface area contributed by atoms with Gasteiger partial charge in [0.1, 0.15) is 0 Å². The average molecular weight is 158 g/mol. The highest BCUT2D eigenvalue weighted by molar-refractivity contribution is 4.68. The zero-order valence-electron chi connectivity index (χ0n) is 7.25. The van der Waals surface area contributed by atoms with Crippen LogP contribution in [-0.4, -0.2) is 24.4 Å². The monoisotopic (exact) mass is 158 g/mol. The largest absolute Gasteiger partial charge is 0.391 e. The highest BCUT2D eigenvalue weighted by Crippen LogP contribution is 2.28. The maximum absolute atomic E-state index is 8.86. The zero-order chi connectivity index (χ0) is 8.10. The normalized spacial score (nSPS) is 21.3. The molecule has 1 aliphatic rings. The summed E-state index contributed by atoms with van der Waals surface area (Å²) in [6, 6.07) is 0. The van der Waals surface area contributed by atoms with Gasteiger partial charge in [-0.1, -0.05) is 19.3 Å². The third kappa shape index (κ3) is 3.73. The molecular weight excluding hydrogens is 140 g/mol. The number of ether oxygens (including phenoxy) is 1. The molecule has 0 amide bonds. The van der Waals surface area contributed by atoms with Crippen LogP contribution in [0.25, 0.3) is 0 Å². The fourth-order valence-electron chi connectivity index (χ4n) is 1.29. The third-order valence-corrected chi connectivity index (χ3v) is 2.25. The van der Waals surface area contributed by atoms with Gasteiger partial charge in [-0.15, -0.1) is 0 Å². The van der Waals surface area contributed by atoms with Crippen molar-refractivity contribution in [2.45, 2.75) is 38.7 Å². The van der Waals surface area contributed by atoms with Crippen molar-refractivity contribution < 1.29 is 9.84 Å². The molecule has 0 heterocycles. The molecule has 1 saturated carbocycles. The second-order valence-corrected chi connectivity index (χ2v) is 3.51. The van der Waals surface area contributed by atoms with Crippen molar-refractivity contribution in [2.24, 2.45) is 5.92 Å². The lowest BCUT2D eigenvalue weighted by Crippen LogP contribution is -2.16. The van der Waals surface area contributed by atoms with Gasteiger partial charge in [0.05, 0.1) is 12.7 Å². The van der Waals surface area contributed by atoms with Crippen LogP contribution < -0.4 is 0 Å². The maximum atomic E-state index is 8.86. The molecule has 0 aromatic rings. The fourth-order valence-corrected chi connectivity index (χ4v) is 1.29. The lowest BCUT2D eigenvalue weighted by atomic mass is 9.83. The van der Waals surface area contributed by atoms with Gasteiger partial charge in [0.25, 0.3) is 0 Å². The Morgan fingerprint density at radius 1 is 1.55 bits per heavy atom. The van der Waals surface area contributed by atoms with Crippen molar-refractivity contribution in [1.29, 1.82) is 0 Å². The first kappa shape index (κ1) is 9.01. The standard InChI is InChI=1S/C9H18O2/c1-8(10)7-11-6-5-9-3-2-4-9/h8-10H,2-7H2,1H3. The third-order valence-electron chi connectivity index (χ3n) is 2.25. The number of aliphatic hydroxyl groups excluding tert-OH is 1. The summed E-state index contributed by atoms with van der Waals surface area (Å²) >= 11 is 0. The van der Waals surface area contributed by atoms with Crippen LogP contribution in [0.15, 0.2) is 0 Å². The van der Waals surface area contributed by atoms with E-state index < -0.39 is 0 Å². The second kappa shape index (κ2) is 4.73. The van der Waals surface area contributed by atoms with Crippen LogP contribution in [-0.2, 0) is 4.74 Å². The maximum Gasteiger partial charge on any atom is 0.0745 e. The summed E-state index contributed by atoms with van der Waals surface area (Å²) in [7, 11) is 0. The van der Waals surface area contributed by atoms with E-state index in [1.54, 1.807) is 6.92 Å². The van der Waals surface area contributed by atoms with Crippen LogP contribution >= 0.6 is 0 Å². The molecule has 66 valence electrons. The SMILES string of the molecule is CC(O)COCCC1CCC1. The highest BCUT2D eigenvalue weighted by Gasteiger charge is 2.16. The van der Waals surface area contributed by atoms with Crippen molar-refractivity contribution in [3.05, 3.63) is 0 Å². The van der Waals surface area contributed by atoms with Crippen LogP contribution in [0.2, 0.25) is 0 Å². The highest BCUT2D eigenvalue weighted by atomic mass is 16.5. The Kier molecular flexibility index (Phi) is 3.87. The molecule has 2 nitrogen and oxygen atoms in total. The molecule has 0 aromatic heterocycles. The van der Waals surface area contributed by atoms with Crippen LogP contribution in [0.3, 0.4) is 0 Å². The van der Waals surface area contributed by atoms with Gasteiger partial charge in [-0.25, -0.2) is 0 Å². The van der Waals surface area contributed by atoms with Crippen LogP contribution in [0.1, 0.15) is 32.6 Å². The topological polar surface area (TPSA) is 29.5 Å². The van der Waals surface area contributed by atoms with Crippen molar-refractivity contribution in [1.82, 2.24) is 0 Å². The van der Waals surface area contributed by atoms with Crippen molar-refractivity contribution in [3.8, 4) is 0 Å². The molecule has 0 radical (unpaired) electrons. The zero-order valence-corrected chi connectivity index (χ0v) is 7.25. The summed E-state index contributed by atoms with van der Waals surface area (Å²) < 4.78 is 5.25. The molecule has 0 bridgehead atoms. The Labute approximate surface area is 68.6 Å². The van der Waals surface area contributed by atoms with Gasteiger partial charge in [0.2, 0.25) is 0 Å². The number of hydrogen-bond acceptors (Lipinski definition) is 2. The van der Waals surface area contributed by atoms with Crippen LogP contribution in [0.4, 0.5) is 0 Å². The van der Waals surface area contributed by atoms with Gasteiger partial charge >= 0.3 is 0 Å². The molecule has 0 spiro atoms. The molecule has 0 aliphatic heterocycles. The first-order valence-corrected chi connectivity index (χ1v) is 4.55. The lowest BCUT2D eigenvalue weighted by molar-refractivity contribution is 0.0358. The van der Waals surface area contributed by atoms with E-state index in [9.17, 15) is 0 Å². The van der Waals surface area contributed by atoms with Crippen LogP contribution in [0, 0.1) is 5.92 Å². The Morgan fingerprint density at radius 3 is 2.73 bits per heavy atom. The first-order valence-electron chi connectivity index (χ1n) is 4.55. The summed E-state index contributed by atoms with van der Waals surface area (Å²) in [5.41, 5.74) is 0. The summed E-state index contributed by atoms with van der Waals surface area (Å²) in [4.78, 5) is 0. The molecular formula is C9H18O2. The van der Waals surface area contributed by atoms with E-state index >= 15 is 0 Å².